The van der Waals surface area contributed by atoms with E-state index >= 15 is 0 Å². The van der Waals surface area contributed by atoms with Gasteiger partial charge in [-0.3, -0.25) is 4.79 Å². The summed E-state index contributed by atoms with van der Waals surface area (Å²) in [5.74, 6) is -1.15. The number of nitrogens with one attached hydrogen (secondary N) is 1. The lowest BCUT2D eigenvalue weighted by Gasteiger charge is -2.13. The third kappa shape index (κ3) is 3.12. The first-order valence-corrected chi connectivity index (χ1v) is 6.27. The van der Waals surface area contributed by atoms with Gasteiger partial charge in [-0.1, -0.05) is 0 Å². The van der Waals surface area contributed by atoms with Crippen molar-refractivity contribution in [2.24, 2.45) is 0 Å². The van der Waals surface area contributed by atoms with E-state index < -0.39 is 12.1 Å². The molecule has 1 aliphatic heterocycles. The van der Waals surface area contributed by atoms with Crippen LogP contribution in [0.2, 0.25) is 0 Å². The summed E-state index contributed by atoms with van der Waals surface area (Å²) >= 11 is 0. The molecule has 0 aromatic heterocycles. The molecule has 19 heavy (non-hydrogen) atoms. The lowest BCUT2D eigenvalue weighted by Crippen LogP contribution is -2.28. The fourth-order valence-corrected chi connectivity index (χ4v) is 2.15. The lowest BCUT2D eigenvalue weighted by atomic mass is 10.1. The van der Waals surface area contributed by atoms with E-state index in [1.165, 1.54) is 12.1 Å². The molecule has 0 bridgehead atoms. The van der Waals surface area contributed by atoms with E-state index in [9.17, 15) is 9.59 Å². The number of anilines is 1. The molecule has 0 spiro atoms. The highest BCUT2D eigenvalue weighted by Gasteiger charge is 2.28. The number of hydrogen-bond acceptors (Lipinski definition) is 3. The molecule has 1 heterocycles. The molecule has 0 aliphatic carbocycles. The van der Waals surface area contributed by atoms with Crippen molar-refractivity contribution in [2.45, 2.75) is 38.9 Å². The highest BCUT2D eigenvalue weighted by molar-refractivity contribution is 5.96. The molecule has 5 heteroatoms. The second-order valence-corrected chi connectivity index (χ2v) is 4.84. The number of ether oxygens (including phenoxy) is 1. The largest absolute Gasteiger partial charge is 0.478 e. The Kier molecular flexibility index (Phi) is 3.85. The van der Waals surface area contributed by atoms with Gasteiger partial charge in [0.1, 0.15) is 6.10 Å². The summed E-state index contributed by atoms with van der Waals surface area (Å²) in [7, 11) is 0. The van der Waals surface area contributed by atoms with E-state index in [4.69, 9.17) is 9.84 Å². The quantitative estimate of drug-likeness (QED) is 0.876. The van der Waals surface area contributed by atoms with Crippen molar-refractivity contribution in [1.82, 2.24) is 0 Å². The van der Waals surface area contributed by atoms with Gasteiger partial charge in [-0.15, -0.1) is 0 Å². The standard InChI is InChI=1S/C14H17NO4/c1-8-7-10(14(17)18)4-5-11(8)15-13(16)12-6-3-9(2)19-12/h4-5,7,9,12H,3,6H2,1-2H3,(H,15,16)(H,17,18). The molecule has 1 amide bonds. The maximum atomic E-state index is 12.0. The van der Waals surface area contributed by atoms with Crippen molar-refractivity contribution < 1.29 is 19.4 Å². The average Bonchev–Trinajstić information content (AvgIpc) is 2.78. The molecule has 0 radical (unpaired) electrons. The summed E-state index contributed by atoms with van der Waals surface area (Å²) in [4.78, 5) is 22.8. The maximum Gasteiger partial charge on any atom is 0.335 e. The molecular weight excluding hydrogens is 246 g/mol. The zero-order valence-corrected chi connectivity index (χ0v) is 11.0. The van der Waals surface area contributed by atoms with Crippen molar-refractivity contribution in [1.29, 1.82) is 0 Å². The van der Waals surface area contributed by atoms with Crippen LogP contribution >= 0.6 is 0 Å². The third-order valence-electron chi connectivity index (χ3n) is 3.26. The molecule has 2 rings (SSSR count). The first kappa shape index (κ1) is 13.5. The maximum absolute atomic E-state index is 12.0. The van der Waals surface area contributed by atoms with Crippen LogP contribution in [0.5, 0.6) is 0 Å². The third-order valence-corrected chi connectivity index (χ3v) is 3.26. The van der Waals surface area contributed by atoms with Crippen LogP contribution in [0.15, 0.2) is 18.2 Å². The lowest BCUT2D eigenvalue weighted by molar-refractivity contribution is -0.126. The van der Waals surface area contributed by atoms with Crippen LogP contribution in [0, 0.1) is 6.92 Å². The predicted octanol–water partition coefficient (Wildman–Crippen LogP) is 2.20. The van der Waals surface area contributed by atoms with Crippen molar-refractivity contribution in [3.8, 4) is 0 Å². The Labute approximate surface area is 111 Å². The minimum absolute atomic E-state index is 0.117. The van der Waals surface area contributed by atoms with E-state index in [0.717, 1.165) is 18.4 Å². The predicted molar refractivity (Wildman–Crippen MR) is 70.3 cm³/mol. The van der Waals surface area contributed by atoms with Crippen LogP contribution < -0.4 is 5.32 Å². The fraction of sp³-hybridized carbons (Fsp3) is 0.429. The molecule has 2 unspecified atom stereocenters. The van der Waals surface area contributed by atoms with Crippen LogP contribution in [0.1, 0.15) is 35.7 Å². The number of carbonyl (C=O) groups excluding carboxylic acids is 1. The SMILES string of the molecule is Cc1cc(C(=O)O)ccc1NC(=O)C1CCC(C)O1. The normalized spacial score (nSPS) is 22.2. The number of carbonyl (C=O) groups is 2. The van der Waals surface area contributed by atoms with Crippen LogP contribution in [-0.2, 0) is 9.53 Å². The number of aromatic carboxylic acids is 1. The molecule has 2 atom stereocenters. The van der Waals surface area contributed by atoms with E-state index in [1.54, 1.807) is 13.0 Å². The monoisotopic (exact) mass is 263 g/mol. The van der Waals surface area contributed by atoms with Gasteiger partial charge in [0.25, 0.3) is 5.91 Å². The zero-order chi connectivity index (χ0) is 14.0. The Morgan fingerprint density at radius 1 is 1.37 bits per heavy atom. The summed E-state index contributed by atoms with van der Waals surface area (Å²) < 4.78 is 5.49. The first-order valence-electron chi connectivity index (χ1n) is 6.27. The van der Waals surface area contributed by atoms with Crippen molar-refractivity contribution in [3.05, 3.63) is 29.3 Å². The summed E-state index contributed by atoms with van der Waals surface area (Å²) in [6.45, 7) is 3.71. The van der Waals surface area contributed by atoms with E-state index in [1.807, 2.05) is 6.92 Å². The molecule has 1 saturated heterocycles. The minimum Gasteiger partial charge on any atom is -0.478 e. The highest BCUT2D eigenvalue weighted by Crippen LogP contribution is 2.22. The summed E-state index contributed by atoms with van der Waals surface area (Å²) in [6, 6.07) is 4.62. The highest BCUT2D eigenvalue weighted by atomic mass is 16.5. The zero-order valence-electron chi connectivity index (χ0n) is 11.0. The topological polar surface area (TPSA) is 75.6 Å². The number of hydrogen-bond donors (Lipinski definition) is 2. The molecule has 102 valence electrons. The molecule has 5 nitrogen and oxygen atoms in total. The molecule has 0 saturated carbocycles. The van der Waals surface area contributed by atoms with Gasteiger partial charge in [0.05, 0.1) is 11.7 Å². The summed E-state index contributed by atoms with van der Waals surface area (Å²) in [6.07, 6.45) is 1.31. The number of carboxylic acids is 1. The van der Waals surface area contributed by atoms with Crippen molar-refractivity contribution in [3.63, 3.8) is 0 Å². The van der Waals surface area contributed by atoms with Crippen LogP contribution in [0.4, 0.5) is 5.69 Å². The smallest absolute Gasteiger partial charge is 0.335 e. The second kappa shape index (κ2) is 5.40. The Bertz CT molecular complexity index is 512. The van der Waals surface area contributed by atoms with E-state index in [-0.39, 0.29) is 17.6 Å². The van der Waals surface area contributed by atoms with Gasteiger partial charge in [0.2, 0.25) is 0 Å². The van der Waals surface area contributed by atoms with Crippen LogP contribution in [0.3, 0.4) is 0 Å². The molecule has 1 fully saturated rings. The summed E-state index contributed by atoms with van der Waals surface area (Å²) in [5, 5.41) is 11.7. The van der Waals surface area contributed by atoms with Gasteiger partial charge in [-0.05, 0) is 50.5 Å². The average molecular weight is 263 g/mol. The number of aryl methyl sites for hydroxylation is 1. The Morgan fingerprint density at radius 3 is 2.63 bits per heavy atom. The number of amides is 1. The second-order valence-electron chi connectivity index (χ2n) is 4.84. The van der Waals surface area contributed by atoms with Gasteiger partial charge < -0.3 is 15.2 Å². The summed E-state index contributed by atoms with van der Waals surface area (Å²) in [5.41, 5.74) is 1.55. The van der Waals surface area contributed by atoms with Gasteiger partial charge >= 0.3 is 5.97 Å². The Hall–Kier alpha value is -1.88. The number of benzene rings is 1. The molecular formula is C14H17NO4. The minimum atomic E-state index is -0.978. The van der Waals surface area contributed by atoms with Gasteiger partial charge in [0.15, 0.2) is 0 Å². The number of rotatable bonds is 3. The van der Waals surface area contributed by atoms with Crippen LogP contribution in [0.25, 0.3) is 0 Å². The molecule has 2 N–H and O–H groups in total. The van der Waals surface area contributed by atoms with E-state index in [0.29, 0.717) is 5.69 Å². The van der Waals surface area contributed by atoms with Gasteiger partial charge in [-0.2, -0.15) is 0 Å². The molecule has 1 aromatic carbocycles. The van der Waals surface area contributed by atoms with Crippen molar-refractivity contribution in [2.75, 3.05) is 5.32 Å². The fourth-order valence-electron chi connectivity index (χ4n) is 2.15. The Morgan fingerprint density at radius 2 is 2.11 bits per heavy atom. The first-order chi connectivity index (χ1) is 8.97. The van der Waals surface area contributed by atoms with Crippen molar-refractivity contribution >= 4 is 17.6 Å². The van der Waals surface area contributed by atoms with Gasteiger partial charge in [0, 0.05) is 5.69 Å². The Balaban J connectivity index is 2.07. The van der Waals surface area contributed by atoms with E-state index in [2.05, 4.69) is 5.32 Å². The van der Waals surface area contributed by atoms with Crippen LogP contribution in [-0.4, -0.2) is 29.2 Å². The number of carboxylic acid groups (broad SMARTS) is 1. The van der Waals surface area contributed by atoms with Gasteiger partial charge in [-0.25, -0.2) is 4.79 Å². The molecule has 1 aliphatic rings. The molecule has 1 aromatic rings.